The van der Waals surface area contributed by atoms with Crippen molar-refractivity contribution < 1.29 is 9.32 Å². The minimum Gasteiger partial charge on any atom is -0.344 e. The molecule has 0 aliphatic carbocycles. The van der Waals surface area contributed by atoms with Gasteiger partial charge in [0.1, 0.15) is 0 Å². The van der Waals surface area contributed by atoms with Gasteiger partial charge in [0.05, 0.1) is 5.54 Å². The van der Waals surface area contributed by atoms with Crippen molar-refractivity contribution in [2.75, 3.05) is 13.1 Å². The maximum absolute atomic E-state index is 11.2. The maximum Gasteiger partial charge on any atom is 0.278 e. The molecule has 1 aliphatic rings. The number of aromatic amines is 1. The molecular weight excluding hydrogens is 284 g/mol. The SMILES string of the molecule is CC(=O)NC(C)(C)c1noc(-c2cc(C3CCNC3)[nH]n2)n1. The Morgan fingerprint density at radius 1 is 1.50 bits per heavy atom. The largest absolute Gasteiger partial charge is 0.344 e. The van der Waals surface area contributed by atoms with Gasteiger partial charge in [-0.1, -0.05) is 5.16 Å². The second-order valence-corrected chi connectivity index (χ2v) is 6.13. The number of nitrogens with one attached hydrogen (secondary N) is 3. The van der Waals surface area contributed by atoms with Gasteiger partial charge in [0.2, 0.25) is 5.91 Å². The highest BCUT2D eigenvalue weighted by molar-refractivity contribution is 5.73. The molecule has 0 saturated carbocycles. The van der Waals surface area contributed by atoms with E-state index < -0.39 is 5.54 Å². The number of carbonyl (C=O) groups excluding carboxylic acids is 1. The van der Waals surface area contributed by atoms with Gasteiger partial charge in [-0.25, -0.2) is 0 Å². The summed E-state index contributed by atoms with van der Waals surface area (Å²) in [6.07, 6.45) is 1.09. The molecule has 1 atom stereocenters. The third kappa shape index (κ3) is 2.87. The number of amides is 1. The molecule has 1 amide bonds. The highest BCUT2D eigenvalue weighted by Gasteiger charge is 2.28. The van der Waals surface area contributed by atoms with E-state index in [1.165, 1.54) is 6.92 Å². The lowest BCUT2D eigenvalue weighted by molar-refractivity contribution is -0.120. The lowest BCUT2D eigenvalue weighted by Gasteiger charge is -2.20. The van der Waals surface area contributed by atoms with Crippen molar-refractivity contribution >= 4 is 5.91 Å². The zero-order valence-corrected chi connectivity index (χ0v) is 12.9. The van der Waals surface area contributed by atoms with Crippen molar-refractivity contribution in [3.05, 3.63) is 17.6 Å². The number of H-pyrrole nitrogens is 1. The summed E-state index contributed by atoms with van der Waals surface area (Å²) in [5, 5.41) is 17.4. The van der Waals surface area contributed by atoms with Gasteiger partial charge in [0.25, 0.3) is 5.89 Å². The minimum atomic E-state index is -0.692. The molecule has 1 aliphatic heterocycles. The van der Waals surface area contributed by atoms with Crippen molar-refractivity contribution in [2.45, 2.75) is 38.6 Å². The first-order valence-corrected chi connectivity index (χ1v) is 7.35. The van der Waals surface area contributed by atoms with E-state index in [9.17, 15) is 4.79 Å². The molecule has 2 aromatic rings. The van der Waals surface area contributed by atoms with Crippen LogP contribution in [0.25, 0.3) is 11.6 Å². The molecule has 8 nitrogen and oxygen atoms in total. The van der Waals surface area contributed by atoms with Crippen molar-refractivity contribution in [1.82, 2.24) is 31.0 Å². The van der Waals surface area contributed by atoms with Crippen molar-refractivity contribution in [3.8, 4) is 11.6 Å². The van der Waals surface area contributed by atoms with E-state index in [1.807, 2.05) is 19.9 Å². The molecule has 1 fully saturated rings. The molecule has 118 valence electrons. The van der Waals surface area contributed by atoms with E-state index in [0.717, 1.165) is 25.2 Å². The molecule has 3 heterocycles. The Bertz CT molecular complexity index is 668. The predicted molar refractivity (Wildman–Crippen MR) is 79.0 cm³/mol. The van der Waals surface area contributed by atoms with E-state index in [1.54, 1.807) is 0 Å². The fourth-order valence-electron chi connectivity index (χ4n) is 2.65. The molecule has 3 N–H and O–H groups in total. The van der Waals surface area contributed by atoms with Gasteiger partial charge >= 0.3 is 0 Å². The Morgan fingerprint density at radius 2 is 2.32 bits per heavy atom. The first-order chi connectivity index (χ1) is 10.5. The topological polar surface area (TPSA) is 109 Å². The van der Waals surface area contributed by atoms with Gasteiger partial charge in [0.15, 0.2) is 11.5 Å². The fourth-order valence-corrected chi connectivity index (χ4v) is 2.65. The number of hydrogen-bond donors (Lipinski definition) is 3. The Balaban J connectivity index is 1.80. The second-order valence-electron chi connectivity index (χ2n) is 6.13. The van der Waals surface area contributed by atoms with Crippen LogP contribution in [0, 0.1) is 0 Å². The average Bonchev–Trinajstić information content (AvgIpc) is 3.18. The summed E-state index contributed by atoms with van der Waals surface area (Å²) in [4.78, 5) is 15.6. The molecule has 0 radical (unpaired) electrons. The monoisotopic (exact) mass is 304 g/mol. The number of hydrogen-bond acceptors (Lipinski definition) is 6. The zero-order valence-electron chi connectivity index (χ0n) is 12.9. The van der Waals surface area contributed by atoms with E-state index in [2.05, 4.69) is 31.0 Å². The van der Waals surface area contributed by atoms with Crippen LogP contribution in [0.15, 0.2) is 10.6 Å². The number of rotatable bonds is 4. The van der Waals surface area contributed by atoms with Crippen molar-refractivity contribution in [2.24, 2.45) is 0 Å². The number of aromatic nitrogens is 4. The quantitative estimate of drug-likeness (QED) is 0.774. The molecule has 22 heavy (non-hydrogen) atoms. The number of carbonyl (C=O) groups is 1. The zero-order chi connectivity index (χ0) is 15.7. The third-order valence-electron chi connectivity index (χ3n) is 3.79. The highest BCUT2D eigenvalue weighted by atomic mass is 16.5. The second kappa shape index (κ2) is 5.53. The molecule has 8 heteroatoms. The lowest BCUT2D eigenvalue weighted by Crippen LogP contribution is -2.40. The summed E-state index contributed by atoms with van der Waals surface area (Å²) in [6, 6.07) is 1.94. The fraction of sp³-hybridized carbons (Fsp3) is 0.571. The van der Waals surface area contributed by atoms with Crippen molar-refractivity contribution in [1.29, 1.82) is 0 Å². The van der Waals surface area contributed by atoms with Crippen LogP contribution in [0.2, 0.25) is 0 Å². The van der Waals surface area contributed by atoms with Gasteiger partial charge < -0.3 is 15.2 Å². The Hall–Kier alpha value is -2.22. The molecule has 0 bridgehead atoms. The molecule has 0 spiro atoms. The molecule has 0 aromatic carbocycles. The molecule has 1 unspecified atom stereocenters. The van der Waals surface area contributed by atoms with Gasteiger partial charge in [-0.2, -0.15) is 10.1 Å². The van der Waals surface area contributed by atoms with Gasteiger partial charge in [-0.3, -0.25) is 9.89 Å². The van der Waals surface area contributed by atoms with Gasteiger partial charge in [-0.05, 0) is 32.9 Å². The normalized spacial score (nSPS) is 18.6. The first kappa shape index (κ1) is 14.7. The Morgan fingerprint density at radius 3 is 3.00 bits per heavy atom. The van der Waals surface area contributed by atoms with Crippen LogP contribution in [0.3, 0.4) is 0 Å². The molecular formula is C14H20N6O2. The summed E-state index contributed by atoms with van der Waals surface area (Å²) in [5.41, 5.74) is 1.00. The third-order valence-corrected chi connectivity index (χ3v) is 3.79. The lowest BCUT2D eigenvalue weighted by atomic mass is 10.0. The van der Waals surface area contributed by atoms with Crippen LogP contribution in [0.5, 0.6) is 0 Å². The van der Waals surface area contributed by atoms with Crippen LogP contribution in [0.1, 0.15) is 44.6 Å². The highest BCUT2D eigenvalue weighted by Crippen LogP contribution is 2.25. The predicted octanol–water partition coefficient (Wildman–Crippen LogP) is 0.908. The Labute approximate surface area is 128 Å². The standard InChI is InChI=1S/C14H20N6O2/c1-8(21)17-14(2,3)13-16-12(22-20-13)11-6-10(18-19-11)9-4-5-15-7-9/h6,9,15H,4-5,7H2,1-3H3,(H,17,21)(H,18,19). The minimum absolute atomic E-state index is 0.146. The smallest absolute Gasteiger partial charge is 0.278 e. The summed E-state index contributed by atoms with van der Waals surface area (Å²) in [7, 11) is 0. The van der Waals surface area contributed by atoms with Crippen LogP contribution in [-0.4, -0.2) is 39.3 Å². The maximum atomic E-state index is 11.2. The van der Waals surface area contributed by atoms with E-state index >= 15 is 0 Å². The van der Waals surface area contributed by atoms with Crippen LogP contribution < -0.4 is 10.6 Å². The van der Waals surface area contributed by atoms with E-state index in [0.29, 0.717) is 23.3 Å². The first-order valence-electron chi connectivity index (χ1n) is 7.35. The van der Waals surface area contributed by atoms with Gasteiger partial charge in [-0.15, -0.1) is 0 Å². The van der Waals surface area contributed by atoms with Crippen LogP contribution >= 0.6 is 0 Å². The Kier molecular flexibility index (Phi) is 3.69. The summed E-state index contributed by atoms with van der Waals surface area (Å²) in [5.74, 6) is 1.07. The van der Waals surface area contributed by atoms with Crippen molar-refractivity contribution in [3.63, 3.8) is 0 Å². The van der Waals surface area contributed by atoms with Gasteiger partial charge in [0, 0.05) is 25.1 Å². The molecule has 2 aromatic heterocycles. The van der Waals surface area contributed by atoms with E-state index in [-0.39, 0.29) is 5.91 Å². The average molecular weight is 304 g/mol. The summed E-state index contributed by atoms with van der Waals surface area (Å²) >= 11 is 0. The van der Waals surface area contributed by atoms with Crippen LogP contribution in [-0.2, 0) is 10.3 Å². The molecule has 3 rings (SSSR count). The van der Waals surface area contributed by atoms with E-state index in [4.69, 9.17) is 4.52 Å². The van der Waals surface area contributed by atoms with Crippen LogP contribution in [0.4, 0.5) is 0 Å². The number of nitrogens with zero attached hydrogens (tertiary/aromatic N) is 3. The molecule has 1 saturated heterocycles. The summed E-state index contributed by atoms with van der Waals surface area (Å²) in [6.45, 7) is 7.08. The summed E-state index contributed by atoms with van der Waals surface area (Å²) < 4.78 is 5.28.